The molecule has 0 aliphatic rings. The lowest BCUT2D eigenvalue weighted by atomic mass is 10.6. The summed E-state index contributed by atoms with van der Waals surface area (Å²) in [6.07, 6.45) is 1.25. The minimum Gasteiger partial charge on any atom is -0.168 e. The zero-order valence-electron chi connectivity index (χ0n) is 5.02. The van der Waals surface area contributed by atoms with Gasteiger partial charge in [0.1, 0.15) is 0 Å². The van der Waals surface area contributed by atoms with E-state index in [1.165, 1.54) is 6.42 Å². The van der Waals surface area contributed by atoms with Crippen LogP contribution >= 0.6 is 0 Å². The molecule has 0 heterocycles. The van der Waals surface area contributed by atoms with Gasteiger partial charge in [0.2, 0.25) is 0 Å². The Hall–Kier alpha value is -0.660. The van der Waals surface area contributed by atoms with Crippen LogP contribution in [0.4, 0.5) is 0 Å². The maximum absolute atomic E-state index is 3.00. The highest BCUT2D eigenvalue weighted by atomic mass is 15.2. The molecule has 0 aromatic rings. The van der Waals surface area contributed by atoms with Crippen LogP contribution in [0.25, 0.3) is 0 Å². The summed E-state index contributed by atoms with van der Waals surface area (Å²) < 4.78 is 0. The summed E-state index contributed by atoms with van der Waals surface area (Å²) in [4.78, 5) is 0. The zero-order chi connectivity index (χ0) is 6.12. The Labute approximate surface area is 45.0 Å². The smallest absolute Gasteiger partial charge is 0.0132 e. The molecule has 7 heavy (non-hydrogen) atoms. The Morgan fingerprint density at radius 3 is 1.29 bits per heavy atom. The predicted molar refractivity (Wildman–Crippen MR) is 35.1 cm³/mol. The molecular formula is C5H12N2. The molecule has 0 aliphatic carbocycles. The maximum Gasteiger partial charge on any atom is 0.0132 e. The first kappa shape index (κ1) is 9.60. The molecule has 0 amide bonds. The summed E-state index contributed by atoms with van der Waals surface area (Å²) in [5.41, 5.74) is 0. The Kier molecular flexibility index (Phi) is 25.2. The van der Waals surface area contributed by atoms with Gasteiger partial charge in [-0.3, -0.25) is 0 Å². The number of hydrogen-bond acceptors (Lipinski definition) is 2. The highest BCUT2D eigenvalue weighted by molar-refractivity contribution is 5.28. The summed E-state index contributed by atoms with van der Waals surface area (Å²) in [5, 5.41) is 6.00. The summed E-state index contributed by atoms with van der Waals surface area (Å²) in [7, 11) is 0. The Morgan fingerprint density at radius 2 is 1.29 bits per heavy atom. The summed E-state index contributed by atoms with van der Waals surface area (Å²) in [6.45, 7) is 10.2. The average Bonchev–Trinajstić information content (AvgIpc) is 1.69. The first-order valence-corrected chi connectivity index (χ1v) is 2.25. The SMILES string of the molecule is C=NN=C.CCC. The molecule has 0 radical (unpaired) electrons. The molecule has 0 saturated heterocycles. The Morgan fingerprint density at radius 1 is 1.14 bits per heavy atom. The van der Waals surface area contributed by atoms with Crippen LogP contribution in [0.5, 0.6) is 0 Å². The third-order valence-electron chi connectivity index (χ3n) is 0.1000. The van der Waals surface area contributed by atoms with Gasteiger partial charge < -0.3 is 0 Å². The van der Waals surface area contributed by atoms with Crippen molar-refractivity contribution in [2.24, 2.45) is 10.2 Å². The molecule has 0 aromatic heterocycles. The first-order valence-electron chi connectivity index (χ1n) is 2.25. The van der Waals surface area contributed by atoms with Crippen LogP contribution in [-0.2, 0) is 0 Å². The molecule has 0 N–H and O–H groups in total. The van der Waals surface area contributed by atoms with Crippen molar-refractivity contribution in [1.82, 2.24) is 0 Å². The average molecular weight is 100 g/mol. The van der Waals surface area contributed by atoms with Crippen LogP contribution in [0.3, 0.4) is 0 Å². The topological polar surface area (TPSA) is 24.7 Å². The molecule has 0 atom stereocenters. The van der Waals surface area contributed by atoms with Crippen LogP contribution in [0.1, 0.15) is 20.3 Å². The third-order valence-corrected chi connectivity index (χ3v) is 0.1000. The molecule has 42 valence electrons. The lowest BCUT2D eigenvalue weighted by Gasteiger charge is -1.50. The van der Waals surface area contributed by atoms with Crippen molar-refractivity contribution >= 4 is 13.4 Å². The van der Waals surface area contributed by atoms with E-state index in [2.05, 4.69) is 37.5 Å². The van der Waals surface area contributed by atoms with Crippen LogP contribution in [0.15, 0.2) is 10.2 Å². The molecule has 0 bridgehead atoms. The van der Waals surface area contributed by atoms with Gasteiger partial charge in [0.25, 0.3) is 0 Å². The maximum atomic E-state index is 3.00. The van der Waals surface area contributed by atoms with E-state index in [1.54, 1.807) is 0 Å². The molecule has 0 spiro atoms. The van der Waals surface area contributed by atoms with Crippen LogP contribution < -0.4 is 0 Å². The molecular weight excluding hydrogens is 88.1 g/mol. The fourth-order valence-electron chi connectivity index (χ4n) is 0. The second kappa shape index (κ2) is 18.4. The van der Waals surface area contributed by atoms with Crippen LogP contribution in [-0.4, -0.2) is 13.4 Å². The van der Waals surface area contributed by atoms with Crippen molar-refractivity contribution in [2.75, 3.05) is 0 Å². The number of nitrogens with zero attached hydrogens (tertiary/aromatic N) is 2. The standard InChI is InChI=1S/C3H8.C2H4N2/c1-3-2;1-3-4-2/h3H2,1-2H3;1-2H2. The predicted octanol–water partition coefficient (Wildman–Crippen LogP) is 1.72. The van der Waals surface area contributed by atoms with E-state index < -0.39 is 0 Å². The summed E-state index contributed by atoms with van der Waals surface area (Å²) >= 11 is 0. The van der Waals surface area contributed by atoms with E-state index in [0.29, 0.717) is 0 Å². The fourth-order valence-corrected chi connectivity index (χ4v) is 0. The van der Waals surface area contributed by atoms with Gasteiger partial charge in [0.05, 0.1) is 0 Å². The van der Waals surface area contributed by atoms with Crippen molar-refractivity contribution < 1.29 is 0 Å². The van der Waals surface area contributed by atoms with E-state index in [0.717, 1.165) is 0 Å². The molecule has 0 aliphatic heterocycles. The van der Waals surface area contributed by atoms with Gasteiger partial charge in [-0.2, -0.15) is 10.2 Å². The Bertz CT molecular complexity index is 35.3. The summed E-state index contributed by atoms with van der Waals surface area (Å²) in [6, 6.07) is 0. The second-order valence-electron chi connectivity index (χ2n) is 0.990. The minimum absolute atomic E-state index is 1.25. The largest absolute Gasteiger partial charge is 0.168 e. The van der Waals surface area contributed by atoms with Gasteiger partial charge in [0.15, 0.2) is 0 Å². The van der Waals surface area contributed by atoms with Gasteiger partial charge in [-0.05, 0) is 0 Å². The van der Waals surface area contributed by atoms with Crippen LogP contribution in [0.2, 0.25) is 0 Å². The van der Waals surface area contributed by atoms with Crippen molar-refractivity contribution in [3.05, 3.63) is 0 Å². The second-order valence-corrected chi connectivity index (χ2v) is 0.990. The Balaban J connectivity index is 0. The quantitative estimate of drug-likeness (QED) is 0.354. The third kappa shape index (κ3) is 515. The van der Waals surface area contributed by atoms with E-state index in [4.69, 9.17) is 0 Å². The van der Waals surface area contributed by atoms with Crippen LogP contribution in [0, 0.1) is 0 Å². The van der Waals surface area contributed by atoms with Gasteiger partial charge in [-0.1, -0.05) is 20.3 Å². The van der Waals surface area contributed by atoms with E-state index in [9.17, 15) is 0 Å². The van der Waals surface area contributed by atoms with Gasteiger partial charge in [-0.15, -0.1) is 0 Å². The van der Waals surface area contributed by atoms with Gasteiger partial charge in [-0.25, -0.2) is 0 Å². The molecule has 2 nitrogen and oxygen atoms in total. The monoisotopic (exact) mass is 100 g/mol. The van der Waals surface area contributed by atoms with E-state index >= 15 is 0 Å². The lowest BCUT2D eigenvalue weighted by molar-refractivity contribution is 1.09. The van der Waals surface area contributed by atoms with E-state index in [-0.39, 0.29) is 0 Å². The molecule has 0 saturated carbocycles. The van der Waals surface area contributed by atoms with Crippen molar-refractivity contribution in [3.63, 3.8) is 0 Å². The molecule has 0 unspecified atom stereocenters. The summed E-state index contributed by atoms with van der Waals surface area (Å²) in [5.74, 6) is 0. The fraction of sp³-hybridized carbons (Fsp3) is 0.600. The molecule has 0 aromatic carbocycles. The highest BCUT2D eigenvalue weighted by Crippen LogP contribution is 1.56. The highest BCUT2D eigenvalue weighted by Gasteiger charge is 1.35. The number of rotatable bonds is 1. The molecule has 2 heteroatoms. The molecule has 0 rings (SSSR count). The minimum atomic E-state index is 1.25. The van der Waals surface area contributed by atoms with Crippen molar-refractivity contribution in [3.8, 4) is 0 Å². The lowest BCUT2D eigenvalue weighted by Crippen LogP contribution is -1.30. The van der Waals surface area contributed by atoms with Gasteiger partial charge in [0, 0.05) is 13.4 Å². The first-order chi connectivity index (χ1) is 3.33. The normalized spacial score (nSPS) is 5.43. The van der Waals surface area contributed by atoms with Crippen molar-refractivity contribution in [2.45, 2.75) is 20.3 Å². The van der Waals surface area contributed by atoms with Gasteiger partial charge >= 0.3 is 0 Å². The molecule has 0 fully saturated rings. The zero-order valence-corrected chi connectivity index (χ0v) is 5.02. The van der Waals surface area contributed by atoms with E-state index in [1.807, 2.05) is 0 Å². The number of hydrogen-bond donors (Lipinski definition) is 0. The van der Waals surface area contributed by atoms with Crippen molar-refractivity contribution in [1.29, 1.82) is 0 Å².